The van der Waals surface area contributed by atoms with Crippen LogP contribution in [0, 0.1) is 11.3 Å². The molecule has 16 heavy (non-hydrogen) atoms. The number of halogens is 3. The van der Waals surface area contributed by atoms with Gasteiger partial charge in [-0.3, -0.25) is 0 Å². The molecule has 0 N–H and O–H groups in total. The van der Waals surface area contributed by atoms with Gasteiger partial charge in [0, 0.05) is 11.4 Å². The van der Waals surface area contributed by atoms with Gasteiger partial charge in [-0.25, -0.2) is 8.78 Å². The van der Waals surface area contributed by atoms with E-state index in [-0.39, 0.29) is 12.0 Å². The smallest absolute Gasteiger partial charge is 0.205 e. The van der Waals surface area contributed by atoms with Crippen LogP contribution in [0.15, 0.2) is 18.2 Å². The first-order valence-electron chi connectivity index (χ1n) is 5.02. The van der Waals surface area contributed by atoms with Gasteiger partial charge in [0.2, 0.25) is 0 Å². The third-order valence-corrected chi connectivity index (χ3v) is 2.64. The van der Waals surface area contributed by atoms with Crippen LogP contribution in [0.1, 0.15) is 29.5 Å². The van der Waals surface area contributed by atoms with Crippen molar-refractivity contribution >= 4 is 11.6 Å². The molecule has 0 unspecified atom stereocenters. The first-order chi connectivity index (χ1) is 7.70. The van der Waals surface area contributed by atoms with E-state index in [1.165, 1.54) is 6.07 Å². The topological polar surface area (TPSA) is 23.8 Å². The van der Waals surface area contributed by atoms with Crippen molar-refractivity contribution in [2.45, 2.75) is 25.7 Å². The summed E-state index contributed by atoms with van der Waals surface area (Å²) in [4.78, 5) is 0. The van der Waals surface area contributed by atoms with E-state index in [2.05, 4.69) is 0 Å². The second-order valence-corrected chi connectivity index (χ2v) is 3.79. The van der Waals surface area contributed by atoms with E-state index in [1.807, 2.05) is 6.07 Å². The van der Waals surface area contributed by atoms with Gasteiger partial charge in [0.15, 0.2) is 0 Å². The predicted octanol–water partition coefficient (Wildman–Crippen LogP) is 3.86. The molecule has 0 heterocycles. The molecule has 0 amide bonds. The molecule has 0 spiro atoms. The van der Waals surface area contributed by atoms with Crippen LogP contribution in [-0.4, -0.2) is 5.88 Å². The highest BCUT2D eigenvalue weighted by molar-refractivity contribution is 6.17. The summed E-state index contributed by atoms with van der Waals surface area (Å²) in [5, 5.41) is 8.64. The maximum Gasteiger partial charge on any atom is 0.264 e. The van der Waals surface area contributed by atoms with Gasteiger partial charge in [-0.1, -0.05) is 18.2 Å². The summed E-state index contributed by atoms with van der Waals surface area (Å²) in [6.45, 7) is 0. The zero-order valence-electron chi connectivity index (χ0n) is 8.72. The first-order valence-corrected chi connectivity index (χ1v) is 5.56. The molecule has 0 aliphatic rings. The lowest BCUT2D eigenvalue weighted by Gasteiger charge is -2.12. The van der Waals surface area contributed by atoms with Gasteiger partial charge >= 0.3 is 0 Å². The lowest BCUT2D eigenvalue weighted by molar-refractivity contribution is 0.150. The third-order valence-electron chi connectivity index (χ3n) is 2.37. The number of hydrogen-bond acceptors (Lipinski definition) is 1. The number of hydrogen-bond donors (Lipinski definition) is 0. The molecule has 1 rings (SSSR count). The average Bonchev–Trinajstić information content (AvgIpc) is 2.27. The van der Waals surface area contributed by atoms with Crippen molar-refractivity contribution in [2.24, 2.45) is 0 Å². The van der Waals surface area contributed by atoms with E-state index in [1.54, 1.807) is 12.1 Å². The molecule has 0 radical (unpaired) electrons. The zero-order valence-corrected chi connectivity index (χ0v) is 9.47. The number of alkyl halides is 3. The minimum atomic E-state index is -2.50. The third kappa shape index (κ3) is 3.18. The van der Waals surface area contributed by atoms with Crippen LogP contribution in [0.5, 0.6) is 0 Å². The van der Waals surface area contributed by atoms with Gasteiger partial charge in [-0.15, -0.1) is 11.6 Å². The van der Waals surface area contributed by atoms with Crippen molar-refractivity contribution < 1.29 is 8.78 Å². The average molecular weight is 244 g/mol. The van der Waals surface area contributed by atoms with Crippen molar-refractivity contribution in [3.63, 3.8) is 0 Å². The van der Waals surface area contributed by atoms with Crippen LogP contribution in [0.3, 0.4) is 0 Å². The van der Waals surface area contributed by atoms with E-state index in [4.69, 9.17) is 16.9 Å². The van der Waals surface area contributed by atoms with Crippen molar-refractivity contribution in [2.75, 3.05) is 5.88 Å². The van der Waals surface area contributed by atoms with E-state index in [9.17, 15) is 8.78 Å². The van der Waals surface area contributed by atoms with Crippen LogP contribution in [0.25, 0.3) is 0 Å². The molecular formula is C12H12ClF2N. The minimum absolute atomic E-state index is 0.0258. The Labute approximate surface area is 98.6 Å². The number of rotatable bonds is 5. The quantitative estimate of drug-likeness (QED) is 0.721. The van der Waals surface area contributed by atoms with Crippen LogP contribution in [0.2, 0.25) is 0 Å². The molecule has 0 bridgehead atoms. The predicted molar refractivity (Wildman–Crippen MR) is 59.8 cm³/mol. The molecule has 0 saturated heterocycles. The fraction of sp³-hybridized carbons (Fsp3) is 0.417. The minimum Gasteiger partial charge on any atom is -0.205 e. The highest BCUT2D eigenvalue weighted by atomic mass is 35.5. The van der Waals surface area contributed by atoms with Crippen LogP contribution in [-0.2, 0) is 12.8 Å². The van der Waals surface area contributed by atoms with Crippen molar-refractivity contribution in [3.05, 3.63) is 34.9 Å². The van der Waals surface area contributed by atoms with E-state index < -0.39 is 6.43 Å². The van der Waals surface area contributed by atoms with Crippen molar-refractivity contribution in [1.29, 1.82) is 5.26 Å². The molecule has 1 aromatic carbocycles. The Morgan fingerprint density at radius 3 is 2.69 bits per heavy atom. The van der Waals surface area contributed by atoms with Crippen molar-refractivity contribution in [1.82, 2.24) is 0 Å². The van der Waals surface area contributed by atoms with Crippen LogP contribution < -0.4 is 0 Å². The fourth-order valence-corrected chi connectivity index (χ4v) is 1.79. The fourth-order valence-electron chi connectivity index (χ4n) is 1.66. The van der Waals surface area contributed by atoms with Gasteiger partial charge < -0.3 is 0 Å². The highest BCUT2D eigenvalue weighted by Crippen LogP contribution is 2.27. The normalized spacial score (nSPS) is 10.4. The van der Waals surface area contributed by atoms with E-state index >= 15 is 0 Å². The SMILES string of the molecule is N#CCc1cccc(C(F)F)c1CCCCl. The molecule has 4 heteroatoms. The standard InChI is InChI=1S/C12H12ClF2N/c13-7-2-5-10-9(6-8-16)3-1-4-11(10)12(14)15/h1,3-4,12H,2,5-7H2. The second kappa shape index (κ2) is 6.44. The largest absolute Gasteiger partial charge is 0.264 e. The zero-order chi connectivity index (χ0) is 12.0. The number of nitriles is 1. The molecule has 0 fully saturated rings. The Hall–Kier alpha value is -1.14. The maximum atomic E-state index is 12.8. The summed E-state index contributed by atoms with van der Waals surface area (Å²) in [6, 6.07) is 6.69. The van der Waals surface area contributed by atoms with Gasteiger partial charge in [0.05, 0.1) is 12.5 Å². The molecule has 86 valence electrons. The molecule has 0 saturated carbocycles. The summed E-state index contributed by atoms with van der Waals surface area (Å²) in [5.41, 5.74) is 1.29. The lowest BCUT2D eigenvalue weighted by Crippen LogP contribution is -2.01. The van der Waals surface area contributed by atoms with Gasteiger partial charge in [-0.2, -0.15) is 5.26 Å². The molecule has 0 atom stereocenters. The van der Waals surface area contributed by atoms with E-state index in [0.29, 0.717) is 29.8 Å². The summed E-state index contributed by atoms with van der Waals surface area (Å²) in [7, 11) is 0. The van der Waals surface area contributed by atoms with Gasteiger partial charge in [0.1, 0.15) is 0 Å². The van der Waals surface area contributed by atoms with Gasteiger partial charge in [-0.05, 0) is 24.0 Å². The van der Waals surface area contributed by atoms with E-state index in [0.717, 1.165) is 0 Å². The Kier molecular flexibility index (Phi) is 5.21. The monoisotopic (exact) mass is 243 g/mol. The first kappa shape index (κ1) is 12.9. The summed E-state index contributed by atoms with van der Waals surface area (Å²) >= 11 is 5.56. The summed E-state index contributed by atoms with van der Waals surface area (Å²) < 4.78 is 25.5. The Morgan fingerprint density at radius 1 is 1.38 bits per heavy atom. The van der Waals surface area contributed by atoms with Crippen LogP contribution >= 0.6 is 11.6 Å². The van der Waals surface area contributed by atoms with Crippen LogP contribution in [0.4, 0.5) is 8.78 Å². The molecule has 1 aromatic rings. The summed E-state index contributed by atoms with van der Waals surface area (Å²) in [5.74, 6) is 0.434. The molecule has 0 aromatic heterocycles. The highest BCUT2D eigenvalue weighted by Gasteiger charge is 2.15. The molecule has 0 aliphatic heterocycles. The molecule has 0 aliphatic carbocycles. The summed E-state index contributed by atoms with van der Waals surface area (Å²) in [6.07, 6.45) is -1.19. The molecule has 1 nitrogen and oxygen atoms in total. The Balaban J connectivity index is 3.08. The Morgan fingerprint density at radius 2 is 2.12 bits per heavy atom. The number of nitrogens with zero attached hydrogens (tertiary/aromatic N) is 1. The molecular weight excluding hydrogens is 232 g/mol. The second-order valence-electron chi connectivity index (χ2n) is 3.41. The lowest BCUT2D eigenvalue weighted by atomic mass is 9.96. The Bertz CT molecular complexity index is 385. The maximum absolute atomic E-state index is 12.8. The van der Waals surface area contributed by atoms with Crippen molar-refractivity contribution in [3.8, 4) is 6.07 Å². The van der Waals surface area contributed by atoms with Gasteiger partial charge in [0.25, 0.3) is 6.43 Å². The number of benzene rings is 1.